The maximum absolute atomic E-state index is 12.8. The molecule has 0 spiro atoms. The second-order valence-corrected chi connectivity index (χ2v) is 7.67. The first-order valence-corrected chi connectivity index (χ1v) is 10.3. The Morgan fingerprint density at radius 1 is 0.968 bits per heavy atom. The van der Waals surface area contributed by atoms with Crippen molar-refractivity contribution >= 4 is 33.4 Å². The van der Waals surface area contributed by atoms with Gasteiger partial charge < -0.3 is 23.5 Å². The molecule has 0 N–H and O–H groups in total. The number of amides is 1. The Labute approximate surface area is 183 Å². The first kappa shape index (κ1) is 22.4. The average molecular weight is 445 g/mol. The van der Waals surface area contributed by atoms with Gasteiger partial charge in [0.05, 0.1) is 34.9 Å². The molecule has 0 bridgehead atoms. The summed E-state index contributed by atoms with van der Waals surface area (Å²) in [6, 6.07) is 9.14. The van der Waals surface area contributed by atoms with Crippen molar-refractivity contribution < 1.29 is 28.5 Å². The number of hydrogen-bond acceptors (Lipinski definition) is 7. The molecule has 0 saturated heterocycles. The molecule has 0 aliphatic heterocycles. The van der Waals surface area contributed by atoms with E-state index in [1.807, 2.05) is 25.1 Å². The van der Waals surface area contributed by atoms with E-state index >= 15 is 0 Å². The van der Waals surface area contributed by atoms with E-state index in [9.17, 15) is 9.59 Å². The fourth-order valence-electron chi connectivity index (χ4n) is 3.23. The quantitative estimate of drug-likeness (QED) is 0.521. The Morgan fingerprint density at radius 3 is 2.26 bits per heavy atom. The van der Waals surface area contributed by atoms with E-state index in [-0.39, 0.29) is 18.9 Å². The summed E-state index contributed by atoms with van der Waals surface area (Å²) >= 11 is 1.24. The van der Waals surface area contributed by atoms with Crippen LogP contribution in [0.15, 0.2) is 35.3 Å². The van der Waals surface area contributed by atoms with E-state index in [4.69, 9.17) is 18.9 Å². The number of aryl methyl sites for hydroxylation is 1. The molecule has 1 amide bonds. The standard InChI is InChI=1S/C22H24N2O6S/c1-13-6-7-15(27-2)14(10-13)11-18(25)23-22-24(12-19(26)30-5)20-16(28-3)8-9-17(29-4)21(20)31-22/h6-10H,11-12H2,1-5H3. The molecule has 3 aromatic rings. The molecule has 0 aliphatic rings. The van der Waals surface area contributed by atoms with Gasteiger partial charge in [0.2, 0.25) is 0 Å². The number of thiazole rings is 1. The highest BCUT2D eigenvalue weighted by Crippen LogP contribution is 2.35. The zero-order chi connectivity index (χ0) is 22.5. The Morgan fingerprint density at radius 2 is 1.61 bits per heavy atom. The minimum absolute atomic E-state index is 0.0611. The molecule has 0 atom stereocenters. The first-order chi connectivity index (χ1) is 14.9. The maximum Gasteiger partial charge on any atom is 0.325 e. The van der Waals surface area contributed by atoms with Gasteiger partial charge in [0.15, 0.2) is 4.80 Å². The van der Waals surface area contributed by atoms with Crippen LogP contribution in [-0.2, 0) is 27.3 Å². The molecule has 0 aliphatic carbocycles. The molecular weight excluding hydrogens is 420 g/mol. The second-order valence-electron chi connectivity index (χ2n) is 6.69. The molecular formula is C22H24N2O6S. The van der Waals surface area contributed by atoms with E-state index in [1.54, 1.807) is 30.9 Å². The van der Waals surface area contributed by atoms with Gasteiger partial charge in [-0.1, -0.05) is 29.0 Å². The zero-order valence-corrected chi connectivity index (χ0v) is 18.9. The van der Waals surface area contributed by atoms with E-state index in [1.165, 1.54) is 25.6 Å². The molecule has 8 nitrogen and oxygen atoms in total. The Bertz CT molecular complexity index is 1190. The monoisotopic (exact) mass is 444 g/mol. The maximum atomic E-state index is 12.8. The highest BCUT2D eigenvalue weighted by Gasteiger charge is 2.19. The van der Waals surface area contributed by atoms with Crippen molar-refractivity contribution in [2.45, 2.75) is 19.9 Å². The number of methoxy groups -OCH3 is 4. The van der Waals surface area contributed by atoms with Crippen LogP contribution < -0.4 is 19.0 Å². The third kappa shape index (κ3) is 4.72. The van der Waals surface area contributed by atoms with Crippen LogP contribution in [0.4, 0.5) is 0 Å². The lowest BCUT2D eigenvalue weighted by Gasteiger charge is -2.09. The number of esters is 1. The number of carbonyl (C=O) groups is 2. The smallest absolute Gasteiger partial charge is 0.325 e. The zero-order valence-electron chi connectivity index (χ0n) is 18.1. The molecule has 164 valence electrons. The molecule has 0 saturated carbocycles. The number of aromatic nitrogens is 1. The summed E-state index contributed by atoms with van der Waals surface area (Å²) in [6.07, 6.45) is 0.0611. The Kier molecular flexibility index (Phi) is 6.96. The first-order valence-electron chi connectivity index (χ1n) is 9.44. The number of nitrogens with zero attached hydrogens (tertiary/aromatic N) is 2. The normalized spacial score (nSPS) is 11.5. The van der Waals surface area contributed by atoms with Crippen LogP contribution in [-0.4, -0.2) is 44.9 Å². The second kappa shape index (κ2) is 9.65. The van der Waals surface area contributed by atoms with Gasteiger partial charge in [-0.15, -0.1) is 0 Å². The topological polar surface area (TPSA) is 88.4 Å². The summed E-state index contributed by atoms with van der Waals surface area (Å²) in [7, 11) is 5.96. The third-order valence-corrected chi connectivity index (χ3v) is 5.80. The predicted molar refractivity (Wildman–Crippen MR) is 117 cm³/mol. The van der Waals surface area contributed by atoms with Crippen molar-refractivity contribution in [3.63, 3.8) is 0 Å². The summed E-state index contributed by atoms with van der Waals surface area (Å²) in [5.41, 5.74) is 2.37. The van der Waals surface area contributed by atoms with Gasteiger partial charge in [-0.25, -0.2) is 0 Å². The van der Waals surface area contributed by atoms with Crippen LogP contribution in [0, 0.1) is 6.92 Å². The highest BCUT2D eigenvalue weighted by atomic mass is 32.1. The van der Waals surface area contributed by atoms with Gasteiger partial charge in [-0.05, 0) is 25.1 Å². The molecule has 31 heavy (non-hydrogen) atoms. The molecule has 3 rings (SSSR count). The number of benzene rings is 2. The molecule has 0 radical (unpaired) electrons. The van der Waals surface area contributed by atoms with E-state index in [0.29, 0.717) is 32.3 Å². The number of carbonyl (C=O) groups excluding carboxylic acids is 2. The lowest BCUT2D eigenvalue weighted by molar-refractivity contribution is -0.141. The van der Waals surface area contributed by atoms with E-state index < -0.39 is 5.97 Å². The van der Waals surface area contributed by atoms with Gasteiger partial charge in [0.1, 0.15) is 34.0 Å². The van der Waals surface area contributed by atoms with Crippen LogP contribution in [0.3, 0.4) is 0 Å². The van der Waals surface area contributed by atoms with Gasteiger partial charge in [-0.2, -0.15) is 4.99 Å². The van der Waals surface area contributed by atoms with Crippen LogP contribution in [0.2, 0.25) is 0 Å². The van der Waals surface area contributed by atoms with Gasteiger partial charge >= 0.3 is 5.97 Å². The molecule has 0 unspecified atom stereocenters. The SMILES string of the molecule is COC(=O)Cn1c(=NC(=O)Cc2cc(C)ccc2OC)sc2c(OC)ccc(OC)c21. The fraction of sp³-hybridized carbons (Fsp3) is 0.318. The summed E-state index contributed by atoms with van der Waals surface area (Å²) < 4.78 is 23.4. The van der Waals surface area contributed by atoms with Crippen molar-refractivity contribution in [1.82, 2.24) is 4.57 Å². The summed E-state index contributed by atoms with van der Waals surface area (Å²) in [6.45, 7) is 1.82. The number of ether oxygens (including phenoxy) is 4. The molecule has 1 aromatic heterocycles. The van der Waals surface area contributed by atoms with Crippen LogP contribution in [0.5, 0.6) is 17.2 Å². The summed E-state index contributed by atoms with van der Waals surface area (Å²) in [4.78, 5) is 29.6. The number of hydrogen-bond donors (Lipinski definition) is 0. The van der Waals surface area contributed by atoms with Crippen molar-refractivity contribution in [2.75, 3.05) is 28.4 Å². The molecule has 9 heteroatoms. The fourth-order valence-corrected chi connectivity index (χ4v) is 4.39. The molecule has 2 aromatic carbocycles. The van der Waals surface area contributed by atoms with E-state index in [2.05, 4.69) is 4.99 Å². The Hall–Kier alpha value is -3.33. The highest BCUT2D eigenvalue weighted by molar-refractivity contribution is 7.16. The Balaban J connectivity index is 2.15. The van der Waals surface area contributed by atoms with Crippen LogP contribution in [0.1, 0.15) is 11.1 Å². The van der Waals surface area contributed by atoms with E-state index in [0.717, 1.165) is 11.1 Å². The van der Waals surface area contributed by atoms with Crippen molar-refractivity contribution in [1.29, 1.82) is 0 Å². The lowest BCUT2D eigenvalue weighted by Crippen LogP contribution is -2.23. The largest absolute Gasteiger partial charge is 0.496 e. The van der Waals surface area contributed by atoms with Crippen LogP contribution >= 0.6 is 11.3 Å². The summed E-state index contributed by atoms with van der Waals surface area (Å²) in [5.74, 6) is 0.904. The molecule has 0 fully saturated rings. The van der Waals surface area contributed by atoms with Gasteiger partial charge in [0.25, 0.3) is 5.91 Å². The van der Waals surface area contributed by atoms with Crippen LogP contribution in [0.25, 0.3) is 10.2 Å². The minimum atomic E-state index is -0.473. The predicted octanol–water partition coefficient (Wildman–Crippen LogP) is 2.88. The minimum Gasteiger partial charge on any atom is -0.496 e. The van der Waals surface area contributed by atoms with Crippen molar-refractivity contribution in [3.05, 3.63) is 46.3 Å². The van der Waals surface area contributed by atoms with Crippen molar-refractivity contribution in [2.24, 2.45) is 4.99 Å². The average Bonchev–Trinajstić information content (AvgIpc) is 3.10. The number of fused-ring (bicyclic) bond motifs is 1. The third-order valence-electron chi connectivity index (χ3n) is 4.71. The summed E-state index contributed by atoms with van der Waals surface area (Å²) in [5, 5.41) is 0. The van der Waals surface area contributed by atoms with Gasteiger partial charge in [0, 0.05) is 5.56 Å². The lowest BCUT2D eigenvalue weighted by atomic mass is 10.1. The van der Waals surface area contributed by atoms with Crippen molar-refractivity contribution in [3.8, 4) is 17.2 Å². The molecule has 1 heterocycles. The number of rotatable bonds is 7. The van der Waals surface area contributed by atoms with Gasteiger partial charge in [-0.3, -0.25) is 9.59 Å².